The van der Waals surface area contributed by atoms with Crippen molar-refractivity contribution in [3.8, 4) is 5.75 Å². The Kier molecular flexibility index (Phi) is 4.36. The fourth-order valence-electron chi connectivity index (χ4n) is 2.77. The van der Waals surface area contributed by atoms with Gasteiger partial charge in [0.2, 0.25) is 11.8 Å². The third-order valence-electron chi connectivity index (χ3n) is 4.00. The highest BCUT2D eigenvalue weighted by Gasteiger charge is 2.19. The van der Waals surface area contributed by atoms with Gasteiger partial charge in [0.1, 0.15) is 19.0 Å². The maximum absolute atomic E-state index is 12.5. The molecule has 0 spiro atoms. The topological polar surface area (TPSA) is 115 Å². The number of ether oxygens (including phenoxy) is 2. The molecule has 2 aromatic heterocycles. The molecular weight excluding hydrogens is 338 g/mol. The van der Waals surface area contributed by atoms with Crippen molar-refractivity contribution in [2.45, 2.75) is 26.2 Å². The predicted molar refractivity (Wildman–Crippen MR) is 90.8 cm³/mol. The summed E-state index contributed by atoms with van der Waals surface area (Å²) in [4.78, 5) is 23.9. The fourth-order valence-corrected chi connectivity index (χ4v) is 2.77. The van der Waals surface area contributed by atoms with Gasteiger partial charge in [-0.25, -0.2) is 4.98 Å². The third-order valence-corrected chi connectivity index (χ3v) is 4.00. The van der Waals surface area contributed by atoms with E-state index in [9.17, 15) is 4.79 Å². The van der Waals surface area contributed by atoms with Crippen molar-refractivity contribution in [2.75, 3.05) is 12.4 Å². The van der Waals surface area contributed by atoms with Gasteiger partial charge < -0.3 is 19.3 Å². The van der Waals surface area contributed by atoms with Gasteiger partial charge in [0, 0.05) is 19.1 Å². The number of benzene rings is 1. The molecule has 3 heterocycles. The largest absolute Gasteiger partial charge is 0.487 e. The first kappa shape index (κ1) is 16.3. The molecule has 9 nitrogen and oxygen atoms in total. The monoisotopic (exact) mass is 355 g/mol. The molecule has 0 fully saturated rings. The number of aromatic amines is 1. The number of fused-ring (bicyclic) bond motifs is 2. The Hall–Kier alpha value is -3.20. The van der Waals surface area contributed by atoms with Crippen LogP contribution in [0.3, 0.4) is 0 Å². The Morgan fingerprint density at radius 3 is 3.08 bits per heavy atom. The van der Waals surface area contributed by atoms with Gasteiger partial charge >= 0.3 is 0 Å². The number of nitrogens with zero attached hydrogens (tertiary/aromatic N) is 3. The number of para-hydroxylation sites is 1. The highest BCUT2D eigenvalue weighted by atomic mass is 16.5. The summed E-state index contributed by atoms with van der Waals surface area (Å²) in [5, 5.41) is 6.77. The Morgan fingerprint density at radius 2 is 2.19 bits per heavy atom. The number of H-pyrrole nitrogens is 1. The summed E-state index contributed by atoms with van der Waals surface area (Å²) < 4.78 is 15.8. The second kappa shape index (κ2) is 6.96. The normalized spacial score (nSPS) is 12.7. The molecule has 0 saturated heterocycles. The van der Waals surface area contributed by atoms with Gasteiger partial charge in [-0.2, -0.15) is 4.98 Å². The average molecular weight is 355 g/mol. The summed E-state index contributed by atoms with van der Waals surface area (Å²) in [5.74, 6) is 1.93. The Labute approximate surface area is 148 Å². The van der Waals surface area contributed by atoms with Crippen molar-refractivity contribution in [1.29, 1.82) is 0 Å². The zero-order chi connectivity index (χ0) is 17.9. The molecule has 1 aromatic carbocycles. The average Bonchev–Trinajstić information content (AvgIpc) is 3.00. The van der Waals surface area contributed by atoms with Crippen LogP contribution >= 0.6 is 0 Å². The summed E-state index contributed by atoms with van der Waals surface area (Å²) >= 11 is 0. The fraction of sp³-hybridized carbons (Fsp3) is 0.294. The number of hydrogen-bond acceptors (Lipinski definition) is 8. The van der Waals surface area contributed by atoms with Crippen LogP contribution in [0.2, 0.25) is 0 Å². The molecule has 9 heteroatoms. The van der Waals surface area contributed by atoms with Crippen LogP contribution in [0.5, 0.6) is 5.75 Å². The van der Waals surface area contributed by atoms with Crippen molar-refractivity contribution in [1.82, 2.24) is 20.1 Å². The highest BCUT2D eigenvalue weighted by molar-refractivity contribution is 5.41. The van der Waals surface area contributed by atoms with Crippen LogP contribution in [-0.4, -0.2) is 27.2 Å². The first-order valence-corrected chi connectivity index (χ1v) is 8.10. The highest BCUT2D eigenvalue weighted by Crippen LogP contribution is 2.26. The van der Waals surface area contributed by atoms with Gasteiger partial charge in [0.25, 0.3) is 5.56 Å². The zero-order valence-electron chi connectivity index (χ0n) is 14.1. The summed E-state index contributed by atoms with van der Waals surface area (Å²) in [6, 6.07) is 7.67. The van der Waals surface area contributed by atoms with E-state index in [1.54, 1.807) is 7.11 Å². The minimum Gasteiger partial charge on any atom is -0.487 e. The third kappa shape index (κ3) is 3.29. The molecular formula is C17H17N5O4. The lowest BCUT2D eigenvalue weighted by Gasteiger charge is -2.07. The standard InChI is InChI=1S/C17H17N5O4/c1-24-9-14-20-15(26-22-14)7-18-17-19-12-8-25-13-5-3-2-4-10(13)6-11(12)16(23)21-17/h2-5H,6-9H2,1H3,(H2,18,19,21,23). The van der Waals surface area contributed by atoms with Crippen LogP contribution in [0.15, 0.2) is 33.6 Å². The van der Waals surface area contributed by atoms with E-state index in [2.05, 4.69) is 25.4 Å². The predicted octanol–water partition coefficient (Wildman–Crippen LogP) is 1.39. The molecule has 0 aliphatic carbocycles. The number of anilines is 1. The van der Waals surface area contributed by atoms with E-state index in [1.165, 1.54) is 0 Å². The molecule has 0 bridgehead atoms. The van der Waals surface area contributed by atoms with Gasteiger partial charge in [0.15, 0.2) is 5.82 Å². The Bertz CT molecular complexity index is 981. The summed E-state index contributed by atoms with van der Waals surface area (Å²) in [7, 11) is 1.55. The van der Waals surface area contributed by atoms with Gasteiger partial charge in [-0.1, -0.05) is 23.4 Å². The summed E-state index contributed by atoms with van der Waals surface area (Å²) in [6.07, 6.45) is 0.484. The van der Waals surface area contributed by atoms with E-state index in [1.807, 2.05) is 24.3 Å². The molecule has 1 aliphatic heterocycles. The quantitative estimate of drug-likeness (QED) is 0.705. The summed E-state index contributed by atoms with van der Waals surface area (Å²) in [6.45, 7) is 0.748. The van der Waals surface area contributed by atoms with Crippen LogP contribution in [0.25, 0.3) is 0 Å². The lowest BCUT2D eigenvalue weighted by molar-refractivity contribution is 0.174. The number of hydrogen-bond donors (Lipinski definition) is 2. The molecule has 1 aliphatic rings. The van der Waals surface area contributed by atoms with Crippen LogP contribution in [-0.2, 0) is 30.9 Å². The van der Waals surface area contributed by atoms with Gasteiger partial charge in [-0.15, -0.1) is 0 Å². The van der Waals surface area contributed by atoms with Gasteiger partial charge in [-0.05, 0) is 11.6 Å². The van der Waals surface area contributed by atoms with Crippen molar-refractivity contribution in [3.63, 3.8) is 0 Å². The van der Waals surface area contributed by atoms with Crippen LogP contribution in [0, 0.1) is 0 Å². The first-order valence-electron chi connectivity index (χ1n) is 8.10. The van der Waals surface area contributed by atoms with E-state index in [0.29, 0.717) is 35.3 Å². The van der Waals surface area contributed by atoms with Gasteiger partial charge in [0.05, 0.1) is 12.2 Å². The molecule has 134 valence electrons. The van der Waals surface area contributed by atoms with Crippen LogP contribution in [0.4, 0.5) is 5.95 Å². The number of nitrogens with one attached hydrogen (secondary N) is 2. The molecule has 2 N–H and O–H groups in total. The van der Waals surface area contributed by atoms with Crippen LogP contribution in [0.1, 0.15) is 28.5 Å². The second-order valence-electron chi connectivity index (χ2n) is 5.80. The number of rotatable bonds is 5. The second-order valence-corrected chi connectivity index (χ2v) is 5.80. The molecule has 26 heavy (non-hydrogen) atoms. The lowest BCUT2D eigenvalue weighted by atomic mass is 10.1. The van der Waals surface area contributed by atoms with Crippen molar-refractivity contribution in [2.24, 2.45) is 0 Å². The molecule has 0 saturated carbocycles. The van der Waals surface area contributed by atoms with E-state index in [4.69, 9.17) is 14.0 Å². The van der Waals surface area contributed by atoms with Gasteiger partial charge in [-0.3, -0.25) is 9.78 Å². The maximum Gasteiger partial charge on any atom is 0.256 e. The van der Waals surface area contributed by atoms with E-state index in [-0.39, 0.29) is 25.3 Å². The Balaban J connectivity index is 1.53. The number of methoxy groups -OCH3 is 1. The minimum atomic E-state index is -0.191. The zero-order valence-corrected chi connectivity index (χ0v) is 14.1. The van der Waals surface area contributed by atoms with Crippen molar-refractivity contribution in [3.05, 3.63) is 63.2 Å². The van der Waals surface area contributed by atoms with Crippen molar-refractivity contribution >= 4 is 5.95 Å². The summed E-state index contributed by atoms with van der Waals surface area (Å²) in [5.41, 5.74) is 2.00. The van der Waals surface area contributed by atoms with E-state index >= 15 is 0 Å². The lowest BCUT2D eigenvalue weighted by Crippen LogP contribution is -2.20. The molecule has 0 unspecified atom stereocenters. The van der Waals surface area contributed by atoms with Crippen molar-refractivity contribution < 1.29 is 14.0 Å². The maximum atomic E-state index is 12.5. The van der Waals surface area contributed by atoms with E-state index in [0.717, 1.165) is 11.3 Å². The minimum absolute atomic E-state index is 0.191. The molecule has 4 rings (SSSR count). The van der Waals surface area contributed by atoms with Crippen LogP contribution < -0.4 is 15.6 Å². The molecule has 3 aromatic rings. The molecule has 0 atom stereocenters. The molecule has 0 amide bonds. The first-order chi connectivity index (χ1) is 12.7. The van der Waals surface area contributed by atoms with E-state index < -0.39 is 0 Å². The molecule has 0 radical (unpaired) electrons. The number of aromatic nitrogens is 4. The smallest absolute Gasteiger partial charge is 0.256 e. The Morgan fingerprint density at radius 1 is 1.31 bits per heavy atom. The SMILES string of the molecule is COCc1noc(CNc2nc3c(c(=O)[nH]2)Cc2ccccc2OC3)n1.